The van der Waals surface area contributed by atoms with Gasteiger partial charge in [-0.1, -0.05) is 13.0 Å². The van der Waals surface area contributed by atoms with E-state index < -0.39 is 11.1 Å². The van der Waals surface area contributed by atoms with Crippen molar-refractivity contribution in [2.75, 3.05) is 12.4 Å². The number of carbonyl (C=O) groups excluding carboxylic acids is 1. The molecule has 0 spiro atoms. The van der Waals surface area contributed by atoms with Crippen LogP contribution in [-0.2, 0) is 10.3 Å². The van der Waals surface area contributed by atoms with Crippen LogP contribution in [-0.4, -0.2) is 28.6 Å². The van der Waals surface area contributed by atoms with Crippen LogP contribution >= 0.6 is 0 Å². The van der Waals surface area contributed by atoms with Crippen molar-refractivity contribution in [2.24, 2.45) is 5.73 Å². The third kappa shape index (κ3) is 3.70. The maximum Gasteiger partial charge on any atom is 0.340 e. The summed E-state index contributed by atoms with van der Waals surface area (Å²) in [4.78, 5) is 21.6. The molecule has 0 aliphatic carbocycles. The Balaban J connectivity index is 1.76. The number of anilines is 2. The van der Waals surface area contributed by atoms with Crippen LogP contribution < -0.4 is 15.8 Å². The van der Waals surface area contributed by atoms with Gasteiger partial charge in [-0.15, -0.1) is 0 Å². The molecule has 0 unspecified atom stereocenters. The van der Waals surface area contributed by atoms with E-state index in [0.717, 1.165) is 27.8 Å². The lowest BCUT2D eigenvalue weighted by Gasteiger charge is -2.36. The molecule has 3 N–H and O–H groups in total. The largest absolute Gasteiger partial charge is 0.496 e. The summed E-state index contributed by atoms with van der Waals surface area (Å²) in [7, 11) is 1.64. The molecule has 0 fully saturated rings. The van der Waals surface area contributed by atoms with Gasteiger partial charge < -0.3 is 20.5 Å². The molecule has 1 aliphatic rings. The molecular formula is C24H28N4O3. The van der Waals surface area contributed by atoms with Crippen molar-refractivity contribution in [2.45, 2.75) is 51.7 Å². The second-order valence-corrected chi connectivity index (χ2v) is 9.12. The number of methoxy groups -OCH3 is 1. The van der Waals surface area contributed by atoms with Crippen molar-refractivity contribution in [3.63, 3.8) is 0 Å². The first kappa shape index (κ1) is 21.1. The Hall–Kier alpha value is -3.19. The van der Waals surface area contributed by atoms with Gasteiger partial charge in [0.15, 0.2) is 0 Å². The minimum atomic E-state index is -0.616. The number of aromatic nitrogens is 2. The average molecular weight is 421 g/mol. The highest BCUT2D eigenvalue weighted by Crippen LogP contribution is 2.38. The first-order chi connectivity index (χ1) is 14.5. The lowest BCUT2D eigenvalue weighted by Crippen LogP contribution is -2.39. The average Bonchev–Trinajstić information content (AvgIpc) is 2.70. The van der Waals surface area contributed by atoms with Crippen LogP contribution in [0.2, 0.25) is 0 Å². The van der Waals surface area contributed by atoms with Gasteiger partial charge in [0.05, 0.1) is 18.4 Å². The number of cyclic esters (lactones) is 1. The normalized spacial score (nSPS) is 17.8. The Bertz CT molecular complexity index is 1180. The number of fused-ring (bicyclic) bond motifs is 2. The van der Waals surface area contributed by atoms with Crippen LogP contribution in [0.5, 0.6) is 5.75 Å². The van der Waals surface area contributed by atoms with Crippen LogP contribution in [0.25, 0.3) is 10.8 Å². The zero-order valence-corrected chi connectivity index (χ0v) is 18.7. The van der Waals surface area contributed by atoms with Crippen molar-refractivity contribution in [3.05, 3.63) is 53.3 Å². The number of hydrogen-bond donors (Lipinski definition) is 2. The van der Waals surface area contributed by atoms with Crippen molar-refractivity contribution >= 4 is 28.4 Å². The Morgan fingerprint density at radius 3 is 2.58 bits per heavy atom. The topological polar surface area (TPSA) is 99.4 Å². The fourth-order valence-corrected chi connectivity index (χ4v) is 3.91. The number of rotatable bonds is 4. The molecule has 0 saturated carbocycles. The molecule has 3 aromatic rings. The van der Waals surface area contributed by atoms with Crippen molar-refractivity contribution in [1.82, 2.24) is 9.97 Å². The van der Waals surface area contributed by atoms with E-state index in [1.807, 2.05) is 52.8 Å². The Morgan fingerprint density at radius 1 is 1.16 bits per heavy atom. The van der Waals surface area contributed by atoms with Gasteiger partial charge in [0.25, 0.3) is 0 Å². The van der Waals surface area contributed by atoms with E-state index in [1.54, 1.807) is 25.4 Å². The first-order valence-corrected chi connectivity index (χ1v) is 10.3. The smallest absolute Gasteiger partial charge is 0.340 e. The second-order valence-electron chi connectivity index (χ2n) is 9.12. The summed E-state index contributed by atoms with van der Waals surface area (Å²) in [5, 5.41) is 5.12. The van der Waals surface area contributed by atoms with Crippen LogP contribution in [0.1, 0.15) is 62.2 Å². The van der Waals surface area contributed by atoms with Crippen LogP contribution in [0.4, 0.5) is 11.6 Å². The standard InChI is InChI=1S/C24H28N4O3/c1-13-21-14(22(29)31-24(13,4)5)7-10-19(28-21)27-20-11-15-16(12-26-20)18(30-6)9-8-17(15)23(2,3)25/h7-13H,25H2,1-6H3,(H,26,27,28)/t13-/m1/s1. The molecule has 1 aliphatic heterocycles. The monoisotopic (exact) mass is 420 g/mol. The summed E-state index contributed by atoms with van der Waals surface area (Å²) in [5.41, 5.74) is 7.47. The molecule has 3 heterocycles. The summed E-state index contributed by atoms with van der Waals surface area (Å²) in [5.74, 6) is 1.59. The highest BCUT2D eigenvalue weighted by molar-refractivity contribution is 5.94. The number of benzene rings is 1. The highest BCUT2D eigenvalue weighted by Gasteiger charge is 2.40. The van der Waals surface area contributed by atoms with Gasteiger partial charge in [0.1, 0.15) is 23.0 Å². The number of nitrogens with one attached hydrogen (secondary N) is 1. The maximum atomic E-state index is 12.3. The summed E-state index contributed by atoms with van der Waals surface area (Å²) < 4.78 is 11.0. The van der Waals surface area contributed by atoms with E-state index in [1.165, 1.54) is 0 Å². The molecule has 7 nitrogen and oxygen atoms in total. The van der Waals surface area contributed by atoms with E-state index in [0.29, 0.717) is 17.2 Å². The minimum absolute atomic E-state index is 0.0413. The molecule has 7 heteroatoms. The Morgan fingerprint density at radius 2 is 1.90 bits per heavy atom. The number of carbonyl (C=O) groups is 1. The summed E-state index contributed by atoms with van der Waals surface area (Å²) >= 11 is 0. The van der Waals surface area contributed by atoms with E-state index in [4.69, 9.17) is 20.2 Å². The zero-order chi connectivity index (χ0) is 22.6. The van der Waals surface area contributed by atoms with E-state index in [-0.39, 0.29) is 11.9 Å². The molecular weight excluding hydrogens is 392 g/mol. The van der Waals surface area contributed by atoms with Gasteiger partial charge in [-0.3, -0.25) is 0 Å². The third-order valence-electron chi connectivity index (χ3n) is 5.98. The molecule has 1 atom stereocenters. The highest BCUT2D eigenvalue weighted by atomic mass is 16.6. The number of nitrogens with two attached hydrogens (primary N) is 1. The van der Waals surface area contributed by atoms with Gasteiger partial charge in [0, 0.05) is 23.0 Å². The molecule has 4 rings (SSSR count). The van der Waals surface area contributed by atoms with Gasteiger partial charge in [-0.05, 0) is 62.9 Å². The molecule has 0 radical (unpaired) electrons. The predicted molar refractivity (Wildman–Crippen MR) is 121 cm³/mol. The minimum Gasteiger partial charge on any atom is -0.496 e. The van der Waals surface area contributed by atoms with Gasteiger partial charge in [-0.25, -0.2) is 14.8 Å². The summed E-state index contributed by atoms with van der Waals surface area (Å²) in [6.07, 6.45) is 1.77. The van der Waals surface area contributed by atoms with Crippen molar-refractivity contribution in [1.29, 1.82) is 0 Å². The van der Waals surface area contributed by atoms with Crippen molar-refractivity contribution in [3.8, 4) is 5.75 Å². The second kappa shape index (κ2) is 7.20. The van der Waals surface area contributed by atoms with Crippen molar-refractivity contribution < 1.29 is 14.3 Å². The summed E-state index contributed by atoms with van der Waals surface area (Å²) in [6, 6.07) is 9.35. The molecule has 0 saturated heterocycles. The van der Waals surface area contributed by atoms with Crippen LogP contribution in [0.15, 0.2) is 36.5 Å². The SMILES string of the molecule is COc1ccc(C(C)(C)N)c2cc(Nc3ccc4c(n3)[C@@H](C)C(C)(C)OC4=O)ncc12. The lowest BCUT2D eigenvalue weighted by atomic mass is 9.84. The predicted octanol–water partition coefficient (Wildman–Crippen LogP) is 4.63. The molecule has 31 heavy (non-hydrogen) atoms. The number of hydrogen-bond acceptors (Lipinski definition) is 7. The van der Waals surface area contributed by atoms with Crippen LogP contribution in [0, 0.1) is 0 Å². The lowest BCUT2D eigenvalue weighted by molar-refractivity contribution is -0.0189. The molecule has 0 bridgehead atoms. The maximum absolute atomic E-state index is 12.3. The first-order valence-electron chi connectivity index (χ1n) is 10.3. The van der Waals surface area contributed by atoms with E-state index in [9.17, 15) is 4.79 Å². The van der Waals surface area contributed by atoms with Gasteiger partial charge in [-0.2, -0.15) is 0 Å². The Labute approximate surface area is 182 Å². The van der Waals surface area contributed by atoms with Crippen LogP contribution in [0.3, 0.4) is 0 Å². The molecule has 2 aromatic heterocycles. The van der Waals surface area contributed by atoms with Gasteiger partial charge in [0.2, 0.25) is 0 Å². The molecule has 0 amide bonds. The number of nitrogens with zero attached hydrogens (tertiary/aromatic N) is 2. The molecule has 162 valence electrons. The number of pyridine rings is 2. The van der Waals surface area contributed by atoms with E-state index >= 15 is 0 Å². The Kier molecular flexibility index (Phi) is 4.89. The van der Waals surface area contributed by atoms with E-state index in [2.05, 4.69) is 10.3 Å². The van der Waals surface area contributed by atoms with Gasteiger partial charge >= 0.3 is 5.97 Å². The summed E-state index contributed by atoms with van der Waals surface area (Å²) in [6.45, 7) is 9.74. The third-order valence-corrected chi connectivity index (χ3v) is 5.98. The fourth-order valence-electron chi connectivity index (χ4n) is 3.91. The fraction of sp³-hybridized carbons (Fsp3) is 0.375. The number of esters is 1. The molecule has 1 aromatic carbocycles. The quantitative estimate of drug-likeness (QED) is 0.594. The number of ether oxygens (including phenoxy) is 2. The zero-order valence-electron chi connectivity index (χ0n) is 18.7.